The average molecular weight is 298 g/mol. The Morgan fingerprint density at radius 3 is 2.05 bits per heavy atom. The fourth-order valence-electron chi connectivity index (χ4n) is 3.39. The van der Waals surface area contributed by atoms with Crippen molar-refractivity contribution in [1.29, 1.82) is 0 Å². The molecule has 0 N–H and O–H groups in total. The van der Waals surface area contributed by atoms with E-state index in [4.69, 9.17) is 0 Å². The highest BCUT2D eigenvalue weighted by Crippen LogP contribution is 2.38. The van der Waals surface area contributed by atoms with Gasteiger partial charge in [-0.3, -0.25) is 0 Å². The molecule has 22 heavy (non-hydrogen) atoms. The molecule has 0 saturated carbocycles. The van der Waals surface area contributed by atoms with Gasteiger partial charge in [-0.15, -0.1) is 11.3 Å². The number of rotatable bonds is 0. The van der Waals surface area contributed by atoms with Gasteiger partial charge in [0, 0.05) is 20.2 Å². The molecule has 5 aromatic rings. The van der Waals surface area contributed by atoms with E-state index in [0.717, 1.165) is 0 Å². The Balaban J connectivity index is 2.00. The molecule has 0 radical (unpaired) electrons. The lowest BCUT2D eigenvalue weighted by atomic mass is 10.0. The molecule has 0 fully saturated rings. The van der Waals surface area contributed by atoms with Gasteiger partial charge >= 0.3 is 0 Å². The van der Waals surface area contributed by atoms with Gasteiger partial charge in [-0.25, -0.2) is 0 Å². The van der Waals surface area contributed by atoms with E-state index in [9.17, 15) is 0 Å². The highest BCUT2D eigenvalue weighted by Gasteiger charge is 2.08. The molecular weight excluding hydrogens is 284 g/mol. The monoisotopic (exact) mass is 298 g/mol. The largest absolute Gasteiger partial charge is 0.135 e. The lowest BCUT2D eigenvalue weighted by molar-refractivity contribution is 1.54. The van der Waals surface area contributed by atoms with E-state index in [1.807, 2.05) is 11.3 Å². The summed E-state index contributed by atoms with van der Waals surface area (Å²) in [6.45, 7) is 2.19. The molecule has 1 aromatic heterocycles. The van der Waals surface area contributed by atoms with Crippen LogP contribution in [0.1, 0.15) is 5.56 Å². The molecule has 0 aliphatic carbocycles. The second kappa shape index (κ2) is 4.31. The highest BCUT2D eigenvalue weighted by molar-refractivity contribution is 7.26. The molecule has 0 amide bonds. The summed E-state index contributed by atoms with van der Waals surface area (Å²) in [5.41, 5.74) is 1.35. The molecule has 4 aromatic carbocycles. The zero-order chi connectivity index (χ0) is 14.7. The summed E-state index contributed by atoms with van der Waals surface area (Å²) in [7, 11) is 0. The smallest absolute Gasteiger partial charge is 0.0361 e. The van der Waals surface area contributed by atoms with Gasteiger partial charge in [0.2, 0.25) is 0 Å². The van der Waals surface area contributed by atoms with Crippen LogP contribution in [0.5, 0.6) is 0 Å². The SMILES string of the molecule is Cc1cccc2cc3sc4cc5ccccc5cc4c3cc12. The van der Waals surface area contributed by atoms with Crippen molar-refractivity contribution >= 4 is 53.1 Å². The minimum Gasteiger partial charge on any atom is -0.135 e. The van der Waals surface area contributed by atoms with Crippen LogP contribution in [-0.2, 0) is 0 Å². The maximum atomic E-state index is 2.37. The van der Waals surface area contributed by atoms with Gasteiger partial charge in [0.15, 0.2) is 0 Å². The van der Waals surface area contributed by atoms with Gasteiger partial charge < -0.3 is 0 Å². The van der Waals surface area contributed by atoms with Crippen molar-refractivity contribution in [1.82, 2.24) is 0 Å². The van der Waals surface area contributed by atoms with E-state index >= 15 is 0 Å². The van der Waals surface area contributed by atoms with Crippen molar-refractivity contribution in [3.05, 3.63) is 72.3 Å². The second-order valence-electron chi connectivity index (χ2n) is 5.94. The Morgan fingerprint density at radius 1 is 0.591 bits per heavy atom. The molecule has 0 spiro atoms. The van der Waals surface area contributed by atoms with E-state index in [-0.39, 0.29) is 0 Å². The van der Waals surface area contributed by atoms with Crippen LogP contribution in [0.4, 0.5) is 0 Å². The van der Waals surface area contributed by atoms with Gasteiger partial charge in [-0.1, -0.05) is 42.5 Å². The quantitative estimate of drug-likeness (QED) is 0.299. The van der Waals surface area contributed by atoms with Gasteiger partial charge in [0.1, 0.15) is 0 Å². The lowest BCUT2D eigenvalue weighted by Crippen LogP contribution is -1.78. The third-order valence-corrected chi connectivity index (χ3v) is 5.67. The third-order valence-electron chi connectivity index (χ3n) is 4.56. The van der Waals surface area contributed by atoms with Crippen molar-refractivity contribution in [3.63, 3.8) is 0 Å². The summed E-state index contributed by atoms with van der Waals surface area (Å²) in [5, 5.41) is 8.10. The van der Waals surface area contributed by atoms with Gasteiger partial charge in [0.25, 0.3) is 0 Å². The van der Waals surface area contributed by atoms with Crippen molar-refractivity contribution in [2.24, 2.45) is 0 Å². The number of hydrogen-bond acceptors (Lipinski definition) is 1. The van der Waals surface area contributed by atoms with Gasteiger partial charge in [-0.05, 0) is 58.3 Å². The Morgan fingerprint density at radius 2 is 1.23 bits per heavy atom. The maximum Gasteiger partial charge on any atom is 0.0361 e. The van der Waals surface area contributed by atoms with Gasteiger partial charge in [-0.2, -0.15) is 0 Å². The number of thiophene rings is 1. The first-order valence-electron chi connectivity index (χ1n) is 7.54. The molecule has 0 aliphatic heterocycles. The molecule has 5 rings (SSSR count). The zero-order valence-electron chi connectivity index (χ0n) is 12.3. The molecule has 0 unspecified atom stereocenters. The van der Waals surface area contributed by atoms with Crippen LogP contribution < -0.4 is 0 Å². The first-order valence-corrected chi connectivity index (χ1v) is 8.36. The molecule has 104 valence electrons. The fourth-order valence-corrected chi connectivity index (χ4v) is 4.55. The van der Waals surface area contributed by atoms with Crippen molar-refractivity contribution in [3.8, 4) is 0 Å². The molecule has 1 heterocycles. The molecule has 0 saturated heterocycles. The highest BCUT2D eigenvalue weighted by atomic mass is 32.1. The van der Waals surface area contributed by atoms with Crippen molar-refractivity contribution < 1.29 is 0 Å². The Kier molecular flexibility index (Phi) is 2.39. The van der Waals surface area contributed by atoms with Crippen LogP contribution in [0, 0.1) is 6.92 Å². The Bertz CT molecular complexity index is 1180. The molecule has 1 heteroatoms. The first-order chi connectivity index (χ1) is 10.8. The van der Waals surface area contributed by atoms with Crippen molar-refractivity contribution in [2.75, 3.05) is 0 Å². The number of aryl methyl sites for hydroxylation is 1. The summed E-state index contributed by atoms with van der Waals surface area (Å²) < 4.78 is 2.75. The number of hydrogen-bond donors (Lipinski definition) is 0. The van der Waals surface area contributed by atoms with Crippen LogP contribution in [-0.4, -0.2) is 0 Å². The van der Waals surface area contributed by atoms with Crippen LogP contribution in [0.15, 0.2) is 66.7 Å². The maximum absolute atomic E-state index is 2.37. The predicted molar refractivity (Wildman–Crippen MR) is 99.1 cm³/mol. The summed E-state index contributed by atoms with van der Waals surface area (Å²) in [6.07, 6.45) is 0. The zero-order valence-corrected chi connectivity index (χ0v) is 13.1. The van der Waals surface area contributed by atoms with E-state index in [1.54, 1.807) is 0 Å². The van der Waals surface area contributed by atoms with Crippen LogP contribution in [0.2, 0.25) is 0 Å². The summed E-state index contributed by atoms with van der Waals surface area (Å²) >= 11 is 1.90. The minimum absolute atomic E-state index is 1.32. The summed E-state index contributed by atoms with van der Waals surface area (Å²) in [5.74, 6) is 0. The summed E-state index contributed by atoms with van der Waals surface area (Å²) in [4.78, 5) is 0. The molecule has 0 aliphatic rings. The van der Waals surface area contributed by atoms with E-state index in [1.165, 1.54) is 47.3 Å². The third kappa shape index (κ3) is 1.63. The Labute approximate surface area is 132 Å². The standard InChI is InChI=1S/C21H14S/c1-13-5-4-8-16-11-21-19(12-17(13)16)18-9-14-6-2-3-7-15(14)10-20(18)22-21/h2-12H,1H3. The van der Waals surface area contributed by atoms with E-state index in [2.05, 4.69) is 73.7 Å². The fraction of sp³-hybridized carbons (Fsp3) is 0.0476. The number of fused-ring (bicyclic) bond motifs is 5. The topological polar surface area (TPSA) is 0 Å². The molecule has 0 bridgehead atoms. The minimum atomic E-state index is 1.32. The predicted octanol–water partition coefficient (Wildman–Crippen LogP) is 6.67. The van der Waals surface area contributed by atoms with Crippen LogP contribution in [0.3, 0.4) is 0 Å². The average Bonchev–Trinajstić information content (AvgIpc) is 2.88. The number of benzene rings is 4. The summed E-state index contributed by atoms with van der Waals surface area (Å²) in [6, 6.07) is 24.5. The van der Waals surface area contributed by atoms with Gasteiger partial charge in [0.05, 0.1) is 0 Å². The van der Waals surface area contributed by atoms with E-state index < -0.39 is 0 Å². The first kappa shape index (κ1) is 12.2. The van der Waals surface area contributed by atoms with Crippen LogP contribution >= 0.6 is 11.3 Å². The van der Waals surface area contributed by atoms with Crippen LogP contribution in [0.25, 0.3) is 41.7 Å². The molecule has 0 nitrogen and oxygen atoms in total. The van der Waals surface area contributed by atoms with E-state index in [0.29, 0.717) is 0 Å². The molecule has 0 atom stereocenters. The molecular formula is C21H14S. The van der Waals surface area contributed by atoms with Crippen molar-refractivity contribution in [2.45, 2.75) is 6.92 Å². The second-order valence-corrected chi connectivity index (χ2v) is 7.03. The lowest BCUT2D eigenvalue weighted by Gasteiger charge is -2.02. The Hall–Kier alpha value is -2.38. The normalized spacial score (nSPS) is 11.9.